The molecule has 0 unspecified atom stereocenters. The summed E-state index contributed by atoms with van der Waals surface area (Å²) in [5.74, 6) is 0.605. The first-order valence-corrected chi connectivity index (χ1v) is 7.38. The number of alkyl halides is 3. The van der Waals surface area contributed by atoms with E-state index in [4.69, 9.17) is 5.73 Å². The molecule has 1 heterocycles. The van der Waals surface area contributed by atoms with Crippen LogP contribution in [-0.2, 0) is 11.9 Å². The average Bonchev–Trinajstić information content (AvgIpc) is 2.84. The van der Waals surface area contributed by atoms with Crippen molar-refractivity contribution in [2.75, 3.05) is 5.73 Å². The molecular formula is C14H16F3N3S. The van der Waals surface area contributed by atoms with Crippen LogP contribution >= 0.6 is 11.8 Å². The molecule has 0 aliphatic heterocycles. The van der Waals surface area contributed by atoms with Gasteiger partial charge in [-0.25, -0.2) is 4.98 Å². The van der Waals surface area contributed by atoms with Crippen LogP contribution in [0, 0.1) is 0 Å². The first-order valence-electron chi connectivity index (χ1n) is 6.39. The van der Waals surface area contributed by atoms with Gasteiger partial charge in [-0.15, -0.1) is 11.8 Å². The molecule has 2 N–H and O–H groups in total. The van der Waals surface area contributed by atoms with Gasteiger partial charge in [0.05, 0.1) is 11.9 Å². The summed E-state index contributed by atoms with van der Waals surface area (Å²) in [4.78, 5) is 4.73. The molecule has 0 saturated heterocycles. The van der Waals surface area contributed by atoms with Crippen LogP contribution in [0.15, 0.2) is 35.6 Å². The Morgan fingerprint density at radius 3 is 2.62 bits per heavy atom. The van der Waals surface area contributed by atoms with E-state index in [0.29, 0.717) is 10.6 Å². The van der Waals surface area contributed by atoms with E-state index in [0.717, 1.165) is 17.8 Å². The molecule has 2 aromatic rings. The highest BCUT2D eigenvalue weighted by Gasteiger charge is 2.30. The van der Waals surface area contributed by atoms with Crippen LogP contribution in [0.1, 0.15) is 31.1 Å². The van der Waals surface area contributed by atoms with Crippen LogP contribution in [0.25, 0.3) is 0 Å². The number of benzene rings is 1. The summed E-state index contributed by atoms with van der Waals surface area (Å²) in [5, 5.41) is 0. The Kier molecular flexibility index (Phi) is 4.51. The van der Waals surface area contributed by atoms with Gasteiger partial charge in [-0.2, -0.15) is 13.2 Å². The van der Waals surface area contributed by atoms with Gasteiger partial charge in [0.1, 0.15) is 0 Å². The maximum absolute atomic E-state index is 12.6. The molecule has 114 valence electrons. The van der Waals surface area contributed by atoms with Crippen molar-refractivity contribution in [2.24, 2.45) is 0 Å². The second kappa shape index (κ2) is 6.01. The van der Waals surface area contributed by atoms with E-state index in [1.165, 1.54) is 17.8 Å². The normalized spacial score (nSPS) is 12.1. The molecule has 21 heavy (non-hydrogen) atoms. The zero-order valence-corrected chi connectivity index (χ0v) is 12.5. The second-order valence-corrected chi connectivity index (χ2v) is 5.94. The maximum atomic E-state index is 12.6. The van der Waals surface area contributed by atoms with Crippen molar-refractivity contribution < 1.29 is 13.2 Å². The maximum Gasteiger partial charge on any atom is 0.416 e. The van der Waals surface area contributed by atoms with Crippen molar-refractivity contribution in [1.82, 2.24) is 9.55 Å². The molecule has 3 nitrogen and oxygen atoms in total. The van der Waals surface area contributed by atoms with Gasteiger partial charge < -0.3 is 10.3 Å². The van der Waals surface area contributed by atoms with Crippen molar-refractivity contribution in [2.45, 2.75) is 36.7 Å². The summed E-state index contributed by atoms with van der Waals surface area (Å²) in [6.45, 7) is 4.09. The zero-order valence-electron chi connectivity index (χ0n) is 11.7. The average molecular weight is 315 g/mol. The van der Waals surface area contributed by atoms with E-state index >= 15 is 0 Å². The molecule has 1 aromatic carbocycles. The minimum absolute atomic E-state index is 0.144. The largest absolute Gasteiger partial charge is 0.416 e. The molecule has 0 amide bonds. The number of hydrogen-bond acceptors (Lipinski definition) is 3. The molecule has 0 radical (unpaired) electrons. The first kappa shape index (κ1) is 15.8. The van der Waals surface area contributed by atoms with Crippen molar-refractivity contribution in [1.29, 1.82) is 0 Å². The lowest BCUT2D eigenvalue weighted by Gasteiger charge is -2.13. The lowest BCUT2D eigenvalue weighted by molar-refractivity contribution is -0.137. The fraction of sp³-hybridized carbons (Fsp3) is 0.357. The van der Waals surface area contributed by atoms with E-state index in [-0.39, 0.29) is 11.7 Å². The van der Waals surface area contributed by atoms with E-state index in [1.807, 2.05) is 18.4 Å². The molecule has 1 aromatic heterocycles. The number of nitrogen functional groups attached to an aromatic ring is 1. The lowest BCUT2D eigenvalue weighted by Crippen LogP contribution is -2.06. The molecule has 0 fully saturated rings. The number of aromatic nitrogens is 2. The lowest BCUT2D eigenvalue weighted by atomic mass is 10.2. The highest BCUT2D eigenvalue weighted by atomic mass is 32.2. The Morgan fingerprint density at radius 2 is 2.05 bits per heavy atom. The molecular weight excluding hydrogens is 299 g/mol. The topological polar surface area (TPSA) is 43.8 Å². The van der Waals surface area contributed by atoms with E-state index < -0.39 is 11.7 Å². The fourth-order valence-electron chi connectivity index (χ4n) is 1.92. The van der Waals surface area contributed by atoms with Crippen molar-refractivity contribution in [3.05, 3.63) is 42.0 Å². The quantitative estimate of drug-likeness (QED) is 0.673. The van der Waals surface area contributed by atoms with Gasteiger partial charge in [0, 0.05) is 34.3 Å². The van der Waals surface area contributed by atoms with Gasteiger partial charge in [0.2, 0.25) is 0 Å². The summed E-state index contributed by atoms with van der Waals surface area (Å²) in [6, 6.07) is 3.73. The molecule has 0 bridgehead atoms. The number of imidazole rings is 1. The molecule has 7 heteroatoms. The van der Waals surface area contributed by atoms with Gasteiger partial charge in [-0.1, -0.05) is 0 Å². The predicted molar refractivity (Wildman–Crippen MR) is 78.0 cm³/mol. The summed E-state index contributed by atoms with van der Waals surface area (Å²) < 4.78 is 39.8. The van der Waals surface area contributed by atoms with Gasteiger partial charge in [0.15, 0.2) is 0 Å². The number of rotatable bonds is 4. The summed E-state index contributed by atoms with van der Waals surface area (Å²) in [7, 11) is 0. The Morgan fingerprint density at radius 1 is 1.33 bits per heavy atom. The van der Waals surface area contributed by atoms with Gasteiger partial charge in [-0.05, 0) is 32.0 Å². The molecule has 0 spiro atoms. The Labute approximate surface area is 125 Å². The third-order valence-corrected chi connectivity index (χ3v) is 4.14. The molecule has 0 aliphatic carbocycles. The highest BCUT2D eigenvalue weighted by molar-refractivity contribution is 7.98. The number of thioether (sulfide) groups is 1. The summed E-state index contributed by atoms with van der Waals surface area (Å²) >= 11 is 1.40. The highest BCUT2D eigenvalue weighted by Crippen LogP contribution is 2.35. The predicted octanol–water partition coefficient (Wildman–Crippen LogP) is 4.36. The Hall–Kier alpha value is -1.63. The fourth-order valence-corrected chi connectivity index (χ4v) is 2.83. The van der Waals surface area contributed by atoms with Crippen LogP contribution in [0.4, 0.5) is 18.9 Å². The Bertz CT molecular complexity index is 620. The van der Waals surface area contributed by atoms with Gasteiger partial charge in [0.25, 0.3) is 0 Å². The molecule has 0 saturated carbocycles. The van der Waals surface area contributed by atoms with Crippen molar-refractivity contribution in [3.8, 4) is 0 Å². The third kappa shape index (κ3) is 3.72. The number of nitrogens with two attached hydrogens (primary N) is 1. The first-order chi connectivity index (χ1) is 9.79. The molecule has 0 atom stereocenters. The van der Waals surface area contributed by atoms with Gasteiger partial charge >= 0.3 is 6.18 Å². The third-order valence-electron chi connectivity index (χ3n) is 3.02. The van der Waals surface area contributed by atoms with Crippen LogP contribution in [0.3, 0.4) is 0 Å². The van der Waals surface area contributed by atoms with Crippen molar-refractivity contribution in [3.63, 3.8) is 0 Å². The molecule has 2 rings (SSSR count). The smallest absolute Gasteiger partial charge is 0.398 e. The van der Waals surface area contributed by atoms with Crippen LogP contribution in [0.5, 0.6) is 0 Å². The van der Waals surface area contributed by atoms with Crippen molar-refractivity contribution >= 4 is 17.4 Å². The van der Waals surface area contributed by atoms with Crippen LogP contribution in [0.2, 0.25) is 0 Å². The molecule has 0 aliphatic rings. The number of nitrogens with zero attached hydrogens (tertiary/aromatic N) is 2. The van der Waals surface area contributed by atoms with E-state index in [1.54, 1.807) is 12.5 Å². The van der Waals surface area contributed by atoms with Crippen LogP contribution in [-0.4, -0.2) is 9.55 Å². The second-order valence-electron chi connectivity index (χ2n) is 4.93. The monoisotopic (exact) mass is 315 g/mol. The minimum Gasteiger partial charge on any atom is -0.398 e. The Balaban J connectivity index is 2.12. The number of halogens is 3. The summed E-state index contributed by atoms with van der Waals surface area (Å²) in [6.07, 6.45) is -0.864. The van der Waals surface area contributed by atoms with E-state index in [9.17, 15) is 13.2 Å². The minimum atomic E-state index is -4.37. The SMILES string of the molecule is CC(C)n1cncc1CSc1ccc(C(F)(F)F)cc1N. The number of hydrogen-bond donors (Lipinski definition) is 1. The number of anilines is 1. The summed E-state index contributed by atoms with van der Waals surface area (Å²) in [5.41, 5.74) is 6.14. The van der Waals surface area contributed by atoms with E-state index in [2.05, 4.69) is 4.98 Å². The van der Waals surface area contributed by atoms with Gasteiger partial charge in [-0.3, -0.25) is 0 Å². The zero-order chi connectivity index (χ0) is 15.6. The van der Waals surface area contributed by atoms with Crippen LogP contribution < -0.4 is 5.73 Å². The standard InChI is InChI=1S/C14H16F3N3S/c1-9(2)20-8-19-6-11(20)7-21-13-4-3-10(5-12(13)18)14(15,16)17/h3-6,8-9H,7,18H2,1-2H3.